The van der Waals surface area contributed by atoms with Crippen molar-refractivity contribution in [2.75, 3.05) is 23.9 Å². The monoisotopic (exact) mass is 213 g/mol. The fourth-order valence-electron chi connectivity index (χ4n) is 1.22. The van der Waals surface area contributed by atoms with E-state index >= 15 is 0 Å². The van der Waals surface area contributed by atoms with Crippen molar-refractivity contribution in [1.29, 1.82) is 0 Å². The number of nitrogens with zero attached hydrogens (tertiary/aromatic N) is 2. The molecule has 80 valence electrons. The Morgan fingerprint density at radius 1 is 1.57 bits per heavy atom. The van der Waals surface area contributed by atoms with E-state index in [-0.39, 0.29) is 0 Å². The minimum absolute atomic E-state index is 1.01. The van der Waals surface area contributed by atoms with E-state index in [0.29, 0.717) is 0 Å². The molecule has 0 aliphatic carbocycles. The highest BCUT2D eigenvalue weighted by molar-refractivity contribution is 7.98. The Labute approximate surface area is 90.3 Å². The van der Waals surface area contributed by atoms with Crippen LogP contribution in [0.15, 0.2) is 12.4 Å². The molecule has 0 bridgehead atoms. The summed E-state index contributed by atoms with van der Waals surface area (Å²) in [4.78, 5) is 4.28. The Bertz CT molecular complexity index is 247. The molecule has 0 aliphatic heterocycles. The first-order valence-corrected chi connectivity index (χ1v) is 6.51. The van der Waals surface area contributed by atoms with Crippen LogP contribution in [0.4, 0.5) is 5.95 Å². The van der Waals surface area contributed by atoms with Crippen LogP contribution in [0.25, 0.3) is 0 Å². The number of anilines is 1. The molecule has 1 heterocycles. The molecule has 0 spiro atoms. The zero-order chi connectivity index (χ0) is 10.2. The second kappa shape index (κ2) is 6.76. The molecule has 0 saturated heterocycles. The minimum Gasteiger partial charge on any atom is -0.356 e. The number of nitrogens with one attached hydrogen (secondary N) is 1. The Morgan fingerprint density at radius 2 is 2.43 bits per heavy atom. The number of unbranched alkanes of at least 4 members (excludes halogenated alkanes) is 1. The molecule has 0 aliphatic rings. The number of aromatic nitrogens is 2. The van der Waals surface area contributed by atoms with Crippen molar-refractivity contribution < 1.29 is 0 Å². The van der Waals surface area contributed by atoms with Gasteiger partial charge in [-0.2, -0.15) is 11.8 Å². The number of hydrogen-bond donors (Lipinski definition) is 1. The van der Waals surface area contributed by atoms with E-state index in [2.05, 4.69) is 28.0 Å². The van der Waals surface area contributed by atoms with Gasteiger partial charge in [0.25, 0.3) is 0 Å². The fraction of sp³-hybridized carbons (Fsp3) is 0.700. The van der Waals surface area contributed by atoms with E-state index in [1.54, 1.807) is 0 Å². The average Bonchev–Trinajstić information content (AvgIpc) is 2.63. The van der Waals surface area contributed by atoms with Crippen LogP contribution in [0.1, 0.15) is 19.8 Å². The molecule has 0 saturated carbocycles. The molecule has 0 unspecified atom stereocenters. The van der Waals surface area contributed by atoms with Gasteiger partial charge in [0.15, 0.2) is 0 Å². The third-order valence-corrected chi connectivity index (χ3v) is 2.66. The van der Waals surface area contributed by atoms with Crippen molar-refractivity contribution in [1.82, 2.24) is 9.55 Å². The van der Waals surface area contributed by atoms with Crippen LogP contribution in [0, 0.1) is 0 Å². The predicted molar refractivity (Wildman–Crippen MR) is 64.0 cm³/mol. The number of aryl methyl sites for hydroxylation is 1. The molecule has 1 rings (SSSR count). The van der Waals surface area contributed by atoms with E-state index < -0.39 is 0 Å². The maximum atomic E-state index is 4.28. The molecular weight excluding hydrogens is 194 g/mol. The summed E-state index contributed by atoms with van der Waals surface area (Å²) in [7, 11) is 0. The lowest BCUT2D eigenvalue weighted by Gasteiger charge is -2.08. The van der Waals surface area contributed by atoms with Gasteiger partial charge in [-0.3, -0.25) is 0 Å². The van der Waals surface area contributed by atoms with Crippen LogP contribution < -0.4 is 5.32 Å². The molecule has 0 amide bonds. The summed E-state index contributed by atoms with van der Waals surface area (Å²) < 4.78 is 2.17. The first-order chi connectivity index (χ1) is 6.88. The molecule has 0 radical (unpaired) electrons. The van der Waals surface area contributed by atoms with E-state index in [1.807, 2.05) is 24.2 Å². The van der Waals surface area contributed by atoms with Crippen molar-refractivity contribution in [2.24, 2.45) is 0 Å². The van der Waals surface area contributed by atoms with Gasteiger partial charge in [0.1, 0.15) is 0 Å². The Kier molecular flexibility index (Phi) is 5.52. The van der Waals surface area contributed by atoms with E-state index in [4.69, 9.17) is 0 Å². The maximum absolute atomic E-state index is 4.28. The highest BCUT2D eigenvalue weighted by Crippen LogP contribution is 2.06. The Hall–Kier alpha value is -0.640. The SMILES string of the molecule is CCCCNc1nccn1CCSC. The van der Waals surface area contributed by atoms with Crippen LogP contribution in [-0.4, -0.2) is 28.1 Å². The highest BCUT2D eigenvalue weighted by Gasteiger charge is 1.99. The number of rotatable bonds is 7. The van der Waals surface area contributed by atoms with Gasteiger partial charge >= 0.3 is 0 Å². The lowest BCUT2D eigenvalue weighted by Crippen LogP contribution is -2.09. The first-order valence-electron chi connectivity index (χ1n) is 5.12. The standard InChI is InChI=1S/C10H19N3S/c1-3-4-5-11-10-12-6-7-13(10)8-9-14-2/h6-7H,3-5,8-9H2,1-2H3,(H,11,12). The van der Waals surface area contributed by atoms with E-state index in [1.165, 1.54) is 12.8 Å². The number of hydrogen-bond acceptors (Lipinski definition) is 3. The van der Waals surface area contributed by atoms with Crippen LogP contribution in [-0.2, 0) is 6.54 Å². The molecule has 3 nitrogen and oxygen atoms in total. The summed E-state index contributed by atoms with van der Waals surface area (Å²) in [5.41, 5.74) is 0. The van der Waals surface area contributed by atoms with Crippen LogP contribution in [0.3, 0.4) is 0 Å². The van der Waals surface area contributed by atoms with Gasteiger partial charge in [0.05, 0.1) is 0 Å². The second-order valence-corrected chi connectivity index (χ2v) is 4.20. The summed E-state index contributed by atoms with van der Waals surface area (Å²) in [6, 6.07) is 0. The number of imidazole rings is 1. The van der Waals surface area contributed by atoms with Gasteiger partial charge < -0.3 is 9.88 Å². The summed E-state index contributed by atoms with van der Waals surface area (Å²) in [5, 5.41) is 3.35. The van der Waals surface area contributed by atoms with E-state index in [0.717, 1.165) is 24.8 Å². The topological polar surface area (TPSA) is 29.9 Å². The van der Waals surface area contributed by atoms with Gasteiger partial charge in [0.2, 0.25) is 5.95 Å². The Morgan fingerprint density at radius 3 is 3.14 bits per heavy atom. The Balaban J connectivity index is 2.37. The van der Waals surface area contributed by atoms with Gasteiger partial charge in [-0.15, -0.1) is 0 Å². The predicted octanol–water partition coefficient (Wildman–Crippen LogP) is 2.46. The normalized spacial score (nSPS) is 10.4. The quantitative estimate of drug-likeness (QED) is 0.706. The molecule has 1 aromatic rings. The molecular formula is C10H19N3S. The van der Waals surface area contributed by atoms with Crippen molar-refractivity contribution in [3.63, 3.8) is 0 Å². The fourth-order valence-corrected chi connectivity index (χ4v) is 1.60. The van der Waals surface area contributed by atoms with Gasteiger partial charge in [0, 0.05) is 31.2 Å². The molecule has 14 heavy (non-hydrogen) atoms. The van der Waals surface area contributed by atoms with Crippen LogP contribution in [0.2, 0.25) is 0 Å². The zero-order valence-corrected chi connectivity index (χ0v) is 9.81. The van der Waals surface area contributed by atoms with Gasteiger partial charge in [-0.1, -0.05) is 13.3 Å². The first kappa shape index (κ1) is 11.4. The molecule has 4 heteroatoms. The zero-order valence-electron chi connectivity index (χ0n) is 8.99. The third-order valence-electron chi connectivity index (χ3n) is 2.07. The molecule has 0 atom stereocenters. The summed E-state index contributed by atoms with van der Waals surface area (Å²) >= 11 is 1.86. The minimum atomic E-state index is 1.01. The maximum Gasteiger partial charge on any atom is 0.202 e. The van der Waals surface area contributed by atoms with E-state index in [9.17, 15) is 0 Å². The van der Waals surface area contributed by atoms with Crippen molar-refractivity contribution in [3.8, 4) is 0 Å². The molecule has 1 N–H and O–H groups in total. The largest absolute Gasteiger partial charge is 0.356 e. The second-order valence-electron chi connectivity index (χ2n) is 3.22. The van der Waals surface area contributed by atoms with Crippen LogP contribution in [0.5, 0.6) is 0 Å². The van der Waals surface area contributed by atoms with Crippen LogP contribution >= 0.6 is 11.8 Å². The van der Waals surface area contributed by atoms with Crippen molar-refractivity contribution >= 4 is 17.7 Å². The number of thioether (sulfide) groups is 1. The molecule has 1 aromatic heterocycles. The summed E-state index contributed by atoms with van der Waals surface area (Å²) in [5.74, 6) is 2.14. The van der Waals surface area contributed by atoms with Gasteiger partial charge in [-0.05, 0) is 12.7 Å². The van der Waals surface area contributed by atoms with Crippen molar-refractivity contribution in [3.05, 3.63) is 12.4 Å². The molecule has 0 aromatic carbocycles. The lowest BCUT2D eigenvalue weighted by atomic mass is 10.3. The van der Waals surface area contributed by atoms with Crippen molar-refractivity contribution in [2.45, 2.75) is 26.3 Å². The third kappa shape index (κ3) is 3.62. The van der Waals surface area contributed by atoms with Gasteiger partial charge in [-0.25, -0.2) is 4.98 Å². The smallest absolute Gasteiger partial charge is 0.202 e. The summed E-state index contributed by atoms with van der Waals surface area (Å²) in [6.07, 6.45) is 8.44. The highest BCUT2D eigenvalue weighted by atomic mass is 32.2. The average molecular weight is 213 g/mol. The molecule has 0 fully saturated rings. The summed E-state index contributed by atoms with van der Waals surface area (Å²) in [6.45, 7) is 4.25. The lowest BCUT2D eigenvalue weighted by molar-refractivity contribution is 0.758.